The number of carbonyl (C=O) groups is 1. The van der Waals surface area contributed by atoms with Crippen LogP contribution < -0.4 is 10.6 Å². The van der Waals surface area contributed by atoms with E-state index in [2.05, 4.69) is 27.4 Å². The van der Waals surface area contributed by atoms with Gasteiger partial charge < -0.3 is 15.4 Å². The van der Waals surface area contributed by atoms with Gasteiger partial charge in [0.2, 0.25) is 0 Å². The van der Waals surface area contributed by atoms with Gasteiger partial charge in [-0.25, -0.2) is 4.79 Å². The lowest BCUT2D eigenvalue weighted by molar-refractivity contribution is 0.0443. The maximum Gasteiger partial charge on any atom is 0.315 e. The first kappa shape index (κ1) is 14.8. The van der Waals surface area contributed by atoms with E-state index in [1.54, 1.807) is 0 Å². The van der Waals surface area contributed by atoms with Crippen molar-refractivity contribution in [1.29, 1.82) is 0 Å². The second-order valence-electron chi connectivity index (χ2n) is 5.30. The van der Waals surface area contributed by atoms with Crippen molar-refractivity contribution in [3.63, 3.8) is 0 Å². The minimum atomic E-state index is -0.217. The predicted octanol–water partition coefficient (Wildman–Crippen LogP) is 0.420. The Balaban J connectivity index is 2.11. The van der Waals surface area contributed by atoms with Crippen LogP contribution in [-0.4, -0.2) is 55.9 Å². The summed E-state index contributed by atoms with van der Waals surface area (Å²) < 4.78 is 5.25. The fourth-order valence-electron chi connectivity index (χ4n) is 1.50. The minimum absolute atomic E-state index is 0.178. The van der Waals surface area contributed by atoms with Gasteiger partial charge >= 0.3 is 6.03 Å². The summed E-state index contributed by atoms with van der Waals surface area (Å²) in [6, 6.07) is -0.178. The number of nitrogens with zero attached hydrogens (tertiary/aromatic N) is 1. The van der Waals surface area contributed by atoms with Crippen molar-refractivity contribution in [3.8, 4) is 11.8 Å². The standard InChI is InChI=1S/C13H23N3O2/c1-13(2,3)15-12(17)14-6-4-5-7-16-8-10-18-11-9-16/h6-11H2,1-3H3,(H2,14,15,17). The molecular weight excluding hydrogens is 230 g/mol. The molecule has 1 aliphatic rings. The van der Waals surface area contributed by atoms with Crippen LogP contribution in [0.15, 0.2) is 0 Å². The van der Waals surface area contributed by atoms with Gasteiger partial charge in [0, 0.05) is 18.6 Å². The van der Waals surface area contributed by atoms with Crippen molar-refractivity contribution in [2.24, 2.45) is 0 Å². The first-order valence-corrected chi connectivity index (χ1v) is 6.29. The van der Waals surface area contributed by atoms with Crippen molar-refractivity contribution in [1.82, 2.24) is 15.5 Å². The quantitative estimate of drug-likeness (QED) is 0.701. The molecule has 5 nitrogen and oxygen atoms in total. The smallest absolute Gasteiger partial charge is 0.315 e. The van der Waals surface area contributed by atoms with Crippen LogP contribution in [-0.2, 0) is 4.74 Å². The average Bonchev–Trinajstić information content (AvgIpc) is 2.27. The molecule has 1 rings (SSSR count). The Bertz CT molecular complexity index is 319. The molecule has 18 heavy (non-hydrogen) atoms. The van der Waals surface area contributed by atoms with E-state index >= 15 is 0 Å². The molecule has 0 spiro atoms. The number of carbonyl (C=O) groups excluding carboxylic acids is 1. The van der Waals surface area contributed by atoms with Crippen molar-refractivity contribution in [3.05, 3.63) is 0 Å². The lowest BCUT2D eigenvalue weighted by Gasteiger charge is -2.24. The summed E-state index contributed by atoms with van der Waals surface area (Å²) in [5.74, 6) is 6.00. The van der Waals surface area contributed by atoms with Crippen LogP contribution in [0, 0.1) is 11.8 Å². The van der Waals surface area contributed by atoms with Gasteiger partial charge in [0.1, 0.15) is 0 Å². The van der Waals surface area contributed by atoms with Crippen LogP contribution in [0.3, 0.4) is 0 Å². The molecule has 0 radical (unpaired) electrons. The second kappa shape index (κ2) is 7.24. The van der Waals surface area contributed by atoms with Gasteiger partial charge in [0.15, 0.2) is 0 Å². The third-order valence-corrected chi connectivity index (χ3v) is 2.36. The van der Waals surface area contributed by atoms with Gasteiger partial charge in [0.05, 0.1) is 26.3 Å². The number of rotatable bonds is 2. The van der Waals surface area contributed by atoms with Gasteiger partial charge in [0.25, 0.3) is 0 Å². The average molecular weight is 253 g/mol. The molecule has 1 saturated heterocycles. The molecule has 0 aromatic rings. The van der Waals surface area contributed by atoms with Crippen molar-refractivity contribution in [2.45, 2.75) is 26.3 Å². The molecule has 1 fully saturated rings. The number of nitrogens with one attached hydrogen (secondary N) is 2. The van der Waals surface area contributed by atoms with E-state index in [0.29, 0.717) is 6.54 Å². The van der Waals surface area contributed by atoms with Crippen molar-refractivity contribution >= 4 is 6.03 Å². The summed E-state index contributed by atoms with van der Waals surface area (Å²) in [7, 11) is 0. The van der Waals surface area contributed by atoms with Gasteiger partial charge in [-0.2, -0.15) is 0 Å². The Morgan fingerprint density at radius 3 is 2.56 bits per heavy atom. The SMILES string of the molecule is CC(C)(C)NC(=O)NCC#CCN1CCOCC1. The number of ether oxygens (including phenoxy) is 1. The lowest BCUT2D eigenvalue weighted by atomic mass is 10.1. The van der Waals surface area contributed by atoms with Crippen LogP contribution in [0.25, 0.3) is 0 Å². The maximum absolute atomic E-state index is 11.4. The summed E-state index contributed by atoms with van der Waals surface area (Å²) in [6.07, 6.45) is 0. The van der Waals surface area contributed by atoms with Gasteiger partial charge in [-0.3, -0.25) is 4.90 Å². The largest absolute Gasteiger partial charge is 0.379 e. The van der Waals surface area contributed by atoms with E-state index in [4.69, 9.17) is 4.74 Å². The number of urea groups is 1. The van der Waals surface area contributed by atoms with Crippen LogP contribution in [0.4, 0.5) is 4.79 Å². The molecule has 2 amide bonds. The van der Waals surface area contributed by atoms with E-state index < -0.39 is 0 Å². The van der Waals surface area contributed by atoms with Gasteiger partial charge in [-0.15, -0.1) is 0 Å². The molecule has 1 aliphatic heterocycles. The fraction of sp³-hybridized carbons (Fsp3) is 0.769. The molecule has 1 heterocycles. The number of morpholine rings is 1. The van der Waals surface area contributed by atoms with Gasteiger partial charge in [-0.1, -0.05) is 11.8 Å². The summed E-state index contributed by atoms with van der Waals surface area (Å²) in [6.45, 7) is 10.4. The lowest BCUT2D eigenvalue weighted by Crippen LogP contribution is -2.46. The number of amides is 2. The summed E-state index contributed by atoms with van der Waals surface area (Å²) in [4.78, 5) is 13.6. The Labute approximate surface area is 109 Å². The maximum atomic E-state index is 11.4. The Morgan fingerprint density at radius 2 is 1.94 bits per heavy atom. The molecule has 0 aromatic heterocycles. The summed E-state index contributed by atoms with van der Waals surface area (Å²) in [5.41, 5.74) is -0.217. The third-order valence-electron chi connectivity index (χ3n) is 2.36. The first-order valence-electron chi connectivity index (χ1n) is 6.29. The molecule has 0 saturated carbocycles. The third kappa shape index (κ3) is 7.15. The molecule has 102 valence electrons. The van der Waals surface area contributed by atoms with E-state index in [0.717, 1.165) is 32.8 Å². The van der Waals surface area contributed by atoms with Crippen LogP contribution >= 0.6 is 0 Å². The molecule has 2 N–H and O–H groups in total. The van der Waals surface area contributed by atoms with E-state index in [1.165, 1.54) is 0 Å². The Morgan fingerprint density at radius 1 is 1.28 bits per heavy atom. The normalized spacial score (nSPS) is 16.6. The molecule has 0 bridgehead atoms. The van der Waals surface area contributed by atoms with E-state index in [9.17, 15) is 4.79 Å². The molecule has 5 heteroatoms. The molecule has 0 aromatic carbocycles. The number of hydrogen-bond donors (Lipinski definition) is 2. The molecule has 0 aliphatic carbocycles. The van der Waals surface area contributed by atoms with Crippen LogP contribution in [0.1, 0.15) is 20.8 Å². The topological polar surface area (TPSA) is 53.6 Å². The summed E-state index contributed by atoms with van der Waals surface area (Å²) in [5, 5.41) is 5.52. The zero-order valence-corrected chi connectivity index (χ0v) is 11.5. The second-order valence-corrected chi connectivity index (χ2v) is 5.30. The van der Waals surface area contributed by atoms with Crippen LogP contribution in [0.2, 0.25) is 0 Å². The molecular formula is C13H23N3O2. The monoisotopic (exact) mass is 253 g/mol. The highest BCUT2D eigenvalue weighted by Crippen LogP contribution is 1.97. The van der Waals surface area contributed by atoms with Crippen molar-refractivity contribution in [2.75, 3.05) is 39.4 Å². The van der Waals surface area contributed by atoms with E-state index in [-0.39, 0.29) is 11.6 Å². The van der Waals surface area contributed by atoms with E-state index in [1.807, 2.05) is 20.8 Å². The highest BCUT2D eigenvalue weighted by Gasteiger charge is 2.12. The summed E-state index contributed by atoms with van der Waals surface area (Å²) >= 11 is 0. The van der Waals surface area contributed by atoms with Crippen molar-refractivity contribution < 1.29 is 9.53 Å². The molecule has 0 atom stereocenters. The first-order chi connectivity index (χ1) is 8.47. The zero-order valence-electron chi connectivity index (χ0n) is 11.5. The zero-order chi connectivity index (χ0) is 13.4. The fourth-order valence-corrected chi connectivity index (χ4v) is 1.50. The molecule has 0 unspecified atom stereocenters. The Hall–Kier alpha value is -1.25. The Kier molecular flexibility index (Phi) is 5.96. The van der Waals surface area contributed by atoms with Crippen LogP contribution in [0.5, 0.6) is 0 Å². The highest BCUT2D eigenvalue weighted by atomic mass is 16.5. The van der Waals surface area contributed by atoms with Gasteiger partial charge in [-0.05, 0) is 20.8 Å². The highest BCUT2D eigenvalue weighted by molar-refractivity contribution is 5.74. The number of hydrogen-bond acceptors (Lipinski definition) is 3. The predicted molar refractivity (Wildman–Crippen MR) is 71.3 cm³/mol. The minimum Gasteiger partial charge on any atom is -0.379 e.